The van der Waals surface area contributed by atoms with Crippen LogP contribution in [0, 0.1) is 0 Å². The average molecular weight is 306 g/mol. The van der Waals surface area contributed by atoms with Gasteiger partial charge in [0.05, 0.1) is 5.69 Å². The van der Waals surface area contributed by atoms with Gasteiger partial charge in [0.2, 0.25) is 0 Å². The van der Waals surface area contributed by atoms with E-state index < -0.39 is 5.97 Å². The Morgan fingerprint density at radius 1 is 1.32 bits per heavy atom. The summed E-state index contributed by atoms with van der Waals surface area (Å²) in [6.07, 6.45) is 6.68. The van der Waals surface area contributed by atoms with Crippen LogP contribution >= 0.6 is 0 Å². The monoisotopic (exact) mass is 306 g/mol. The first-order valence-corrected chi connectivity index (χ1v) is 8.29. The fraction of sp³-hybridized carbons (Fsp3) is 0.750. The highest BCUT2D eigenvalue weighted by Crippen LogP contribution is 2.29. The molecule has 3 rings (SSSR count). The normalized spacial score (nSPS) is 25.4. The smallest absolute Gasteiger partial charge is 0.325 e. The lowest BCUT2D eigenvalue weighted by Crippen LogP contribution is -2.47. The van der Waals surface area contributed by atoms with Crippen molar-refractivity contribution in [1.82, 2.24) is 19.6 Å². The van der Waals surface area contributed by atoms with E-state index in [1.165, 1.54) is 43.6 Å². The zero-order chi connectivity index (χ0) is 15.5. The van der Waals surface area contributed by atoms with Crippen LogP contribution in [0.15, 0.2) is 12.3 Å². The van der Waals surface area contributed by atoms with Crippen molar-refractivity contribution < 1.29 is 9.90 Å². The first kappa shape index (κ1) is 15.5. The molecule has 122 valence electrons. The summed E-state index contributed by atoms with van der Waals surface area (Å²) in [5, 5.41) is 13.3. The number of nitrogens with zero attached hydrogens (tertiary/aromatic N) is 4. The maximum absolute atomic E-state index is 10.8. The molecule has 0 aliphatic carbocycles. The van der Waals surface area contributed by atoms with Crippen molar-refractivity contribution in [3.8, 4) is 0 Å². The highest BCUT2D eigenvalue weighted by molar-refractivity contribution is 5.66. The van der Waals surface area contributed by atoms with Crippen molar-refractivity contribution in [3.05, 3.63) is 18.0 Å². The van der Waals surface area contributed by atoms with Gasteiger partial charge in [-0.3, -0.25) is 14.4 Å². The number of rotatable bonds is 4. The number of hydrogen-bond acceptors (Lipinski definition) is 4. The molecule has 1 N–H and O–H groups in total. The molecule has 0 aromatic carbocycles. The minimum Gasteiger partial charge on any atom is -0.480 e. The second-order valence-corrected chi connectivity index (χ2v) is 6.70. The molecule has 0 amide bonds. The molecular weight excluding hydrogens is 280 g/mol. The van der Waals surface area contributed by atoms with Crippen LogP contribution in [0.5, 0.6) is 0 Å². The van der Waals surface area contributed by atoms with Crippen LogP contribution in [0.25, 0.3) is 0 Å². The van der Waals surface area contributed by atoms with Crippen LogP contribution in [-0.4, -0.2) is 69.9 Å². The van der Waals surface area contributed by atoms with Gasteiger partial charge < -0.3 is 10.0 Å². The number of piperidine rings is 2. The summed E-state index contributed by atoms with van der Waals surface area (Å²) in [5.41, 5.74) is 1.05. The maximum Gasteiger partial charge on any atom is 0.325 e. The third-order valence-corrected chi connectivity index (χ3v) is 5.03. The standard InChI is InChI=1S/C16H26N4O2/c1-18-8-4-14(5-9-18)19-7-2-3-13(11-19)15-6-10-20(17-15)12-16(21)22/h6,10,13-14H,2-5,7-9,11-12H2,1H3,(H,21,22)/t13-/m1/s1. The van der Waals surface area contributed by atoms with Crippen LogP contribution in [0.2, 0.25) is 0 Å². The van der Waals surface area contributed by atoms with Gasteiger partial charge in [-0.2, -0.15) is 5.10 Å². The van der Waals surface area contributed by atoms with Crippen molar-refractivity contribution in [2.45, 2.75) is 44.2 Å². The van der Waals surface area contributed by atoms with E-state index in [4.69, 9.17) is 5.11 Å². The Balaban J connectivity index is 1.60. The number of carboxylic acid groups (broad SMARTS) is 1. The number of likely N-dealkylation sites (tertiary alicyclic amines) is 2. The van der Waals surface area contributed by atoms with Crippen LogP contribution in [0.3, 0.4) is 0 Å². The molecule has 0 unspecified atom stereocenters. The van der Waals surface area contributed by atoms with Gasteiger partial charge in [-0.1, -0.05) is 0 Å². The third-order valence-electron chi connectivity index (χ3n) is 5.03. The minimum atomic E-state index is -0.841. The Kier molecular flexibility index (Phi) is 4.78. The van der Waals surface area contributed by atoms with Crippen LogP contribution in [0.1, 0.15) is 37.3 Å². The fourth-order valence-corrected chi connectivity index (χ4v) is 3.76. The van der Waals surface area contributed by atoms with E-state index in [1.54, 1.807) is 6.20 Å². The van der Waals surface area contributed by atoms with Crippen LogP contribution in [-0.2, 0) is 11.3 Å². The summed E-state index contributed by atoms with van der Waals surface area (Å²) < 4.78 is 1.53. The number of carbonyl (C=O) groups is 1. The molecule has 0 radical (unpaired) electrons. The molecule has 2 aliphatic rings. The molecule has 1 aromatic heterocycles. The van der Waals surface area contributed by atoms with Gasteiger partial charge in [0.15, 0.2) is 0 Å². The molecule has 1 atom stereocenters. The Labute approximate surface area is 131 Å². The number of aliphatic carboxylic acids is 1. The zero-order valence-corrected chi connectivity index (χ0v) is 13.3. The molecule has 0 spiro atoms. The first-order valence-electron chi connectivity index (χ1n) is 8.29. The van der Waals surface area contributed by atoms with Gasteiger partial charge in [0.25, 0.3) is 0 Å². The molecule has 22 heavy (non-hydrogen) atoms. The lowest BCUT2D eigenvalue weighted by Gasteiger charge is -2.41. The van der Waals surface area contributed by atoms with Crippen LogP contribution in [0.4, 0.5) is 0 Å². The van der Waals surface area contributed by atoms with Gasteiger partial charge in [-0.25, -0.2) is 0 Å². The molecule has 0 saturated carbocycles. The fourth-order valence-electron chi connectivity index (χ4n) is 3.76. The predicted octanol–water partition coefficient (Wildman–Crippen LogP) is 1.24. The third kappa shape index (κ3) is 3.67. The predicted molar refractivity (Wildman–Crippen MR) is 83.9 cm³/mol. The van der Waals surface area contributed by atoms with Crippen molar-refractivity contribution in [2.24, 2.45) is 0 Å². The maximum atomic E-state index is 10.8. The highest BCUT2D eigenvalue weighted by atomic mass is 16.4. The van der Waals surface area contributed by atoms with Crippen LogP contribution < -0.4 is 0 Å². The Morgan fingerprint density at radius 3 is 2.82 bits per heavy atom. The Morgan fingerprint density at radius 2 is 2.09 bits per heavy atom. The summed E-state index contributed by atoms with van der Waals surface area (Å²) in [4.78, 5) is 15.8. The molecule has 1 aromatic rings. The SMILES string of the molecule is CN1CCC(N2CCC[C@@H](c3ccn(CC(=O)O)n3)C2)CC1. The van der Waals surface area contributed by atoms with Gasteiger partial charge in [-0.05, 0) is 58.4 Å². The van der Waals surface area contributed by atoms with E-state index in [1.807, 2.05) is 6.07 Å². The molecule has 6 nitrogen and oxygen atoms in total. The Hall–Kier alpha value is -1.40. The molecule has 6 heteroatoms. The summed E-state index contributed by atoms with van der Waals surface area (Å²) >= 11 is 0. The van der Waals surface area contributed by atoms with Crippen molar-refractivity contribution in [3.63, 3.8) is 0 Å². The number of hydrogen-bond donors (Lipinski definition) is 1. The quantitative estimate of drug-likeness (QED) is 0.907. The molecule has 2 saturated heterocycles. The minimum absolute atomic E-state index is 0.0502. The molecular formula is C16H26N4O2. The largest absolute Gasteiger partial charge is 0.480 e. The lowest BCUT2D eigenvalue weighted by molar-refractivity contribution is -0.137. The van der Waals surface area contributed by atoms with Gasteiger partial charge in [0, 0.05) is 24.7 Å². The van der Waals surface area contributed by atoms with E-state index in [0.29, 0.717) is 12.0 Å². The second-order valence-electron chi connectivity index (χ2n) is 6.70. The van der Waals surface area contributed by atoms with E-state index in [2.05, 4.69) is 21.9 Å². The number of carboxylic acids is 1. The van der Waals surface area contributed by atoms with E-state index >= 15 is 0 Å². The molecule has 2 aliphatic heterocycles. The highest BCUT2D eigenvalue weighted by Gasteiger charge is 2.29. The van der Waals surface area contributed by atoms with E-state index in [0.717, 1.165) is 18.7 Å². The summed E-state index contributed by atoms with van der Waals surface area (Å²) in [6, 6.07) is 2.70. The van der Waals surface area contributed by atoms with Crippen molar-refractivity contribution in [1.29, 1.82) is 0 Å². The van der Waals surface area contributed by atoms with E-state index in [-0.39, 0.29) is 6.54 Å². The summed E-state index contributed by atoms with van der Waals surface area (Å²) in [7, 11) is 2.20. The number of aromatic nitrogens is 2. The average Bonchev–Trinajstić information content (AvgIpc) is 2.96. The summed E-state index contributed by atoms with van der Waals surface area (Å²) in [5.74, 6) is -0.394. The molecule has 2 fully saturated rings. The lowest BCUT2D eigenvalue weighted by atomic mass is 9.92. The Bertz CT molecular complexity index is 508. The first-order chi connectivity index (χ1) is 10.6. The van der Waals surface area contributed by atoms with Crippen molar-refractivity contribution >= 4 is 5.97 Å². The van der Waals surface area contributed by atoms with Gasteiger partial charge in [0.1, 0.15) is 6.54 Å². The summed E-state index contributed by atoms with van der Waals surface area (Å²) in [6.45, 7) is 4.60. The van der Waals surface area contributed by atoms with E-state index in [9.17, 15) is 4.79 Å². The molecule has 0 bridgehead atoms. The second kappa shape index (κ2) is 6.79. The topological polar surface area (TPSA) is 61.6 Å². The van der Waals surface area contributed by atoms with Crippen molar-refractivity contribution in [2.75, 3.05) is 33.2 Å². The van der Waals surface area contributed by atoms with Gasteiger partial charge >= 0.3 is 5.97 Å². The molecule has 3 heterocycles. The van der Waals surface area contributed by atoms with Gasteiger partial charge in [-0.15, -0.1) is 0 Å². The zero-order valence-electron chi connectivity index (χ0n) is 13.3.